The molecule has 1 aromatic heterocycles. The third-order valence-corrected chi connectivity index (χ3v) is 6.27. The van der Waals surface area contributed by atoms with Crippen LogP contribution in [-0.2, 0) is 6.42 Å². The fourth-order valence-corrected chi connectivity index (χ4v) is 4.78. The molecule has 2 fully saturated rings. The van der Waals surface area contributed by atoms with E-state index in [-0.39, 0.29) is 11.7 Å². The van der Waals surface area contributed by atoms with Gasteiger partial charge in [0, 0.05) is 34.0 Å². The summed E-state index contributed by atoms with van der Waals surface area (Å²) in [6.45, 7) is 0. The third kappa shape index (κ3) is 3.57. The van der Waals surface area contributed by atoms with Gasteiger partial charge in [0.15, 0.2) is 0 Å². The molecule has 2 aliphatic rings. The first-order valence-electron chi connectivity index (χ1n) is 8.78. The first kappa shape index (κ1) is 16.9. The summed E-state index contributed by atoms with van der Waals surface area (Å²) in [4.78, 5) is 16.9. The number of carbonyl (C=O) groups excluding carboxylic acids is 1. The molecule has 3 nitrogen and oxygen atoms in total. The number of carbonyl (C=O) groups is 1. The lowest BCUT2D eigenvalue weighted by Gasteiger charge is -2.23. The predicted molar refractivity (Wildman–Crippen MR) is 103 cm³/mol. The number of nitrogens with one attached hydrogen (secondary N) is 1. The molecule has 5 heteroatoms. The Morgan fingerprint density at radius 3 is 2.84 bits per heavy atom. The van der Waals surface area contributed by atoms with Gasteiger partial charge < -0.3 is 5.32 Å². The van der Waals surface area contributed by atoms with E-state index in [1.54, 1.807) is 24.5 Å². The molecule has 0 aliphatic heterocycles. The Hall–Kier alpha value is -1.50. The summed E-state index contributed by atoms with van der Waals surface area (Å²) in [7, 11) is 0. The van der Waals surface area contributed by atoms with Gasteiger partial charge in [-0.15, -0.1) is 0 Å². The Morgan fingerprint density at radius 1 is 1.24 bits per heavy atom. The number of halogens is 2. The molecule has 130 valence electrons. The molecule has 1 amide bonds. The van der Waals surface area contributed by atoms with Gasteiger partial charge in [-0.1, -0.05) is 12.5 Å². The summed E-state index contributed by atoms with van der Waals surface area (Å²) in [6, 6.07) is 7.21. The van der Waals surface area contributed by atoms with Crippen LogP contribution in [0.2, 0.25) is 0 Å². The second-order valence-corrected chi connectivity index (χ2v) is 8.45. The molecule has 4 rings (SSSR count). The molecular weight excluding hydrogens is 430 g/mol. The van der Waals surface area contributed by atoms with Crippen molar-refractivity contribution in [1.29, 1.82) is 0 Å². The fraction of sp³-hybridized carbons (Fsp3) is 0.400. The van der Waals surface area contributed by atoms with Crippen LogP contribution in [0, 0.1) is 21.2 Å². The van der Waals surface area contributed by atoms with Gasteiger partial charge >= 0.3 is 0 Å². The third-order valence-electron chi connectivity index (χ3n) is 5.60. The van der Waals surface area contributed by atoms with Gasteiger partial charge in [0.05, 0.1) is 0 Å². The van der Waals surface area contributed by atoms with Crippen LogP contribution in [0.15, 0.2) is 36.7 Å². The fourth-order valence-electron chi connectivity index (χ4n) is 4.33. The topological polar surface area (TPSA) is 42.0 Å². The van der Waals surface area contributed by atoms with E-state index in [1.165, 1.54) is 25.3 Å². The number of nitrogens with zero attached hydrogens (tertiary/aromatic N) is 1. The van der Waals surface area contributed by atoms with E-state index >= 15 is 0 Å². The molecule has 2 saturated carbocycles. The molecule has 2 aromatic rings. The van der Waals surface area contributed by atoms with Gasteiger partial charge in [0.2, 0.25) is 0 Å². The number of amides is 1. The van der Waals surface area contributed by atoms with Gasteiger partial charge in [0.1, 0.15) is 5.82 Å². The van der Waals surface area contributed by atoms with Gasteiger partial charge in [-0.2, -0.15) is 0 Å². The van der Waals surface area contributed by atoms with Crippen LogP contribution in [-0.4, -0.2) is 16.9 Å². The van der Waals surface area contributed by atoms with Crippen molar-refractivity contribution in [3.63, 3.8) is 0 Å². The van der Waals surface area contributed by atoms with Gasteiger partial charge in [-0.3, -0.25) is 9.78 Å². The molecule has 0 radical (unpaired) electrons. The number of pyridine rings is 1. The SMILES string of the molecule is O=C(NC1CC2CCC1C2)c1ccncc1Cc1ccc(I)cc1F. The summed E-state index contributed by atoms with van der Waals surface area (Å²) in [5.41, 5.74) is 1.96. The van der Waals surface area contributed by atoms with Crippen molar-refractivity contribution in [2.75, 3.05) is 0 Å². The van der Waals surface area contributed by atoms with Crippen molar-refractivity contribution >= 4 is 28.5 Å². The lowest BCUT2D eigenvalue weighted by Crippen LogP contribution is -2.38. The largest absolute Gasteiger partial charge is 0.349 e. The average molecular weight is 450 g/mol. The molecule has 25 heavy (non-hydrogen) atoms. The molecule has 2 aliphatic carbocycles. The molecule has 1 heterocycles. The second kappa shape index (κ2) is 7.02. The molecule has 1 N–H and O–H groups in total. The summed E-state index contributed by atoms with van der Waals surface area (Å²) in [5.74, 6) is 1.12. The molecule has 0 spiro atoms. The minimum Gasteiger partial charge on any atom is -0.349 e. The standard InChI is InChI=1S/C20H20FIN2O/c21-18-10-16(22)4-3-13(18)9-15-11-23-6-5-17(15)20(25)24-19-8-12-1-2-14(19)7-12/h3-6,10-12,14,19H,1-2,7-9H2,(H,24,25). The highest BCUT2D eigenvalue weighted by Gasteiger charge is 2.40. The van der Waals surface area contributed by atoms with E-state index in [2.05, 4.69) is 32.9 Å². The zero-order chi connectivity index (χ0) is 17.4. The van der Waals surface area contributed by atoms with Crippen molar-refractivity contribution in [3.05, 3.63) is 62.7 Å². The number of rotatable bonds is 4. The molecule has 2 bridgehead atoms. The van der Waals surface area contributed by atoms with E-state index in [1.807, 2.05) is 6.07 Å². The van der Waals surface area contributed by atoms with Gasteiger partial charge in [-0.05, 0) is 83.0 Å². The predicted octanol–water partition coefficient (Wildman–Crippen LogP) is 4.33. The van der Waals surface area contributed by atoms with Crippen LogP contribution in [0.1, 0.15) is 47.2 Å². The minimum absolute atomic E-state index is 0.0548. The first-order chi connectivity index (χ1) is 12.1. The van der Waals surface area contributed by atoms with Crippen LogP contribution in [0.4, 0.5) is 4.39 Å². The van der Waals surface area contributed by atoms with Crippen LogP contribution in [0.3, 0.4) is 0 Å². The number of fused-ring (bicyclic) bond motifs is 2. The Kier molecular flexibility index (Phi) is 4.75. The van der Waals surface area contributed by atoms with Crippen molar-refractivity contribution in [2.24, 2.45) is 11.8 Å². The number of hydrogen-bond donors (Lipinski definition) is 1. The maximum absolute atomic E-state index is 14.2. The van der Waals surface area contributed by atoms with E-state index in [4.69, 9.17) is 0 Å². The first-order valence-corrected chi connectivity index (χ1v) is 9.85. The zero-order valence-corrected chi connectivity index (χ0v) is 16.0. The second-order valence-electron chi connectivity index (χ2n) is 7.20. The van der Waals surface area contributed by atoms with E-state index < -0.39 is 0 Å². The molecule has 3 atom stereocenters. The normalized spacial score (nSPS) is 24.5. The molecule has 3 unspecified atom stereocenters. The van der Waals surface area contributed by atoms with Crippen LogP contribution in [0.5, 0.6) is 0 Å². The summed E-state index contributed by atoms with van der Waals surface area (Å²) >= 11 is 2.09. The summed E-state index contributed by atoms with van der Waals surface area (Å²) in [5, 5.41) is 3.21. The minimum atomic E-state index is -0.241. The van der Waals surface area contributed by atoms with Crippen molar-refractivity contribution in [1.82, 2.24) is 10.3 Å². The molecule has 0 saturated heterocycles. The molecule has 1 aromatic carbocycles. The highest BCUT2D eigenvalue weighted by atomic mass is 127. The van der Waals surface area contributed by atoms with Crippen molar-refractivity contribution in [3.8, 4) is 0 Å². The summed E-state index contributed by atoms with van der Waals surface area (Å²) < 4.78 is 15.0. The number of hydrogen-bond acceptors (Lipinski definition) is 2. The highest BCUT2D eigenvalue weighted by Crippen LogP contribution is 2.44. The van der Waals surface area contributed by atoms with Crippen molar-refractivity contribution in [2.45, 2.75) is 38.1 Å². The smallest absolute Gasteiger partial charge is 0.251 e. The maximum Gasteiger partial charge on any atom is 0.251 e. The zero-order valence-electron chi connectivity index (χ0n) is 13.8. The lowest BCUT2D eigenvalue weighted by atomic mass is 9.94. The van der Waals surface area contributed by atoms with Crippen LogP contribution >= 0.6 is 22.6 Å². The quantitative estimate of drug-likeness (QED) is 0.705. The van der Waals surface area contributed by atoms with E-state index in [0.29, 0.717) is 29.5 Å². The highest BCUT2D eigenvalue weighted by molar-refractivity contribution is 14.1. The Bertz CT molecular complexity index is 810. The monoisotopic (exact) mass is 450 g/mol. The Labute approximate surface area is 160 Å². The summed E-state index contributed by atoms with van der Waals surface area (Å²) in [6.07, 6.45) is 8.56. The number of aromatic nitrogens is 1. The van der Waals surface area contributed by atoms with E-state index in [9.17, 15) is 9.18 Å². The van der Waals surface area contributed by atoms with Crippen molar-refractivity contribution < 1.29 is 9.18 Å². The lowest BCUT2D eigenvalue weighted by molar-refractivity contribution is 0.0922. The Morgan fingerprint density at radius 2 is 2.12 bits per heavy atom. The maximum atomic E-state index is 14.2. The average Bonchev–Trinajstić information content (AvgIpc) is 3.21. The number of benzene rings is 1. The van der Waals surface area contributed by atoms with E-state index in [0.717, 1.165) is 21.5 Å². The van der Waals surface area contributed by atoms with Crippen LogP contribution < -0.4 is 5.32 Å². The van der Waals surface area contributed by atoms with Gasteiger partial charge in [-0.25, -0.2) is 4.39 Å². The van der Waals surface area contributed by atoms with Crippen LogP contribution in [0.25, 0.3) is 0 Å². The van der Waals surface area contributed by atoms with Gasteiger partial charge in [0.25, 0.3) is 5.91 Å². The molecular formula is C20H20FIN2O. The Balaban J connectivity index is 1.53.